The zero-order valence-electron chi connectivity index (χ0n) is 19.7. The smallest absolute Gasteiger partial charge is 0.191 e. The lowest BCUT2D eigenvalue weighted by Gasteiger charge is -2.35. The second-order valence-electron chi connectivity index (χ2n) is 8.78. The summed E-state index contributed by atoms with van der Waals surface area (Å²) in [4.78, 5) is 6.85. The molecular weight excluding hydrogens is 392 g/mol. The lowest BCUT2D eigenvalue weighted by Crippen LogP contribution is -2.46. The van der Waals surface area contributed by atoms with Crippen molar-refractivity contribution in [1.29, 1.82) is 0 Å². The van der Waals surface area contributed by atoms with E-state index in [2.05, 4.69) is 59.5 Å². The molecule has 2 heterocycles. The molecule has 3 atom stereocenters. The van der Waals surface area contributed by atoms with Gasteiger partial charge in [0.25, 0.3) is 0 Å². The maximum absolute atomic E-state index is 6.11. The van der Waals surface area contributed by atoms with E-state index in [-0.39, 0.29) is 6.10 Å². The molecule has 2 aliphatic rings. The van der Waals surface area contributed by atoms with Gasteiger partial charge in [0, 0.05) is 51.9 Å². The van der Waals surface area contributed by atoms with Crippen LogP contribution in [-0.4, -0.2) is 75.6 Å². The van der Waals surface area contributed by atoms with Gasteiger partial charge in [0.15, 0.2) is 5.96 Å². The number of nitrogens with zero attached hydrogens (tertiary/aromatic N) is 2. The van der Waals surface area contributed by atoms with Crippen LogP contribution in [0.3, 0.4) is 0 Å². The highest BCUT2D eigenvalue weighted by Crippen LogP contribution is 2.22. The Morgan fingerprint density at radius 2 is 2.03 bits per heavy atom. The standard InChI is InChI=1S/C24H40N4O3/c1-18-8-9-21(23(13-18)30-17-22-7-5-12-29-22)14-27-24(25-4)26-10-6-11-28-15-19(2)31-20(3)16-28/h8-9,13,19-20,22H,5-7,10-12,14-17H2,1-4H3,(H2,25,26,27). The minimum absolute atomic E-state index is 0.216. The predicted octanol–water partition coefficient (Wildman–Crippen LogP) is 2.72. The minimum Gasteiger partial charge on any atom is -0.491 e. The highest BCUT2D eigenvalue weighted by molar-refractivity contribution is 5.79. The first-order valence-corrected chi connectivity index (χ1v) is 11.7. The Hall–Kier alpha value is -1.83. The molecule has 1 aromatic carbocycles. The lowest BCUT2D eigenvalue weighted by molar-refractivity contribution is -0.0679. The Bertz CT molecular complexity index is 696. The van der Waals surface area contributed by atoms with Crippen LogP contribution in [0, 0.1) is 6.92 Å². The summed E-state index contributed by atoms with van der Waals surface area (Å²) in [5.41, 5.74) is 2.32. The van der Waals surface area contributed by atoms with Gasteiger partial charge >= 0.3 is 0 Å². The summed E-state index contributed by atoms with van der Waals surface area (Å²) >= 11 is 0. The molecule has 2 aliphatic heterocycles. The number of benzene rings is 1. The van der Waals surface area contributed by atoms with Gasteiger partial charge in [-0.05, 0) is 51.7 Å². The highest BCUT2D eigenvalue weighted by Gasteiger charge is 2.21. The van der Waals surface area contributed by atoms with Crippen molar-refractivity contribution in [2.45, 2.75) is 64.9 Å². The van der Waals surface area contributed by atoms with Gasteiger partial charge in [-0.2, -0.15) is 0 Å². The van der Waals surface area contributed by atoms with Gasteiger partial charge in [-0.25, -0.2) is 0 Å². The third kappa shape index (κ3) is 7.98. The molecule has 0 bridgehead atoms. The molecule has 3 unspecified atom stereocenters. The van der Waals surface area contributed by atoms with E-state index in [1.54, 1.807) is 0 Å². The van der Waals surface area contributed by atoms with E-state index in [0.29, 0.717) is 25.4 Å². The zero-order valence-corrected chi connectivity index (χ0v) is 19.7. The first-order chi connectivity index (χ1) is 15.0. The van der Waals surface area contributed by atoms with Crippen LogP contribution < -0.4 is 15.4 Å². The van der Waals surface area contributed by atoms with Crippen molar-refractivity contribution in [2.24, 2.45) is 4.99 Å². The number of aliphatic imine (C=N–C) groups is 1. The topological polar surface area (TPSA) is 67.4 Å². The van der Waals surface area contributed by atoms with Gasteiger partial charge in [0.2, 0.25) is 0 Å². The van der Waals surface area contributed by atoms with E-state index in [1.165, 1.54) is 5.56 Å². The van der Waals surface area contributed by atoms with Crippen molar-refractivity contribution in [3.05, 3.63) is 29.3 Å². The SMILES string of the molecule is CN=C(NCCCN1CC(C)OC(C)C1)NCc1ccc(C)cc1OCC1CCCO1. The van der Waals surface area contributed by atoms with Crippen LogP contribution in [0.25, 0.3) is 0 Å². The molecule has 0 saturated carbocycles. The molecule has 0 radical (unpaired) electrons. The van der Waals surface area contributed by atoms with Crippen molar-refractivity contribution in [1.82, 2.24) is 15.5 Å². The molecule has 2 fully saturated rings. The van der Waals surface area contributed by atoms with Crippen molar-refractivity contribution >= 4 is 5.96 Å². The van der Waals surface area contributed by atoms with Crippen LogP contribution in [0.1, 0.15) is 44.2 Å². The van der Waals surface area contributed by atoms with E-state index < -0.39 is 0 Å². The van der Waals surface area contributed by atoms with Gasteiger partial charge in [0.05, 0.1) is 18.3 Å². The second kappa shape index (κ2) is 12.3. The quantitative estimate of drug-likeness (QED) is 0.355. The van der Waals surface area contributed by atoms with Crippen LogP contribution in [-0.2, 0) is 16.0 Å². The van der Waals surface area contributed by atoms with Gasteiger partial charge in [-0.1, -0.05) is 12.1 Å². The fraction of sp³-hybridized carbons (Fsp3) is 0.708. The summed E-state index contributed by atoms with van der Waals surface area (Å²) in [6.07, 6.45) is 4.13. The first-order valence-electron chi connectivity index (χ1n) is 11.7. The van der Waals surface area contributed by atoms with Crippen LogP contribution in [0.4, 0.5) is 0 Å². The Kier molecular flexibility index (Phi) is 9.43. The number of ether oxygens (including phenoxy) is 3. The van der Waals surface area contributed by atoms with E-state index in [1.807, 2.05) is 7.05 Å². The number of hydrogen-bond acceptors (Lipinski definition) is 5. The fourth-order valence-electron chi connectivity index (χ4n) is 4.28. The van der Waals surface area contributed by atoms with Crippen molar-refractivity contribution in [3.63, 3.8) is 0 Å². The Labute approximate surface area is 187 Å². The van der Waals surface area contributed by atoms with Crippen molar-refractivity contribution < 1.29 is 14.2 Å². The highest BCUT2D eigenvalue weighted by atomic mass is 16.5. The van der Waals surface area contributed by atoms with Crippen molar-refractivity contribution in [3.8, 4) is 5.75 Å². The number of guanidine groups is 1. The van der Waals surface area contributed by atoms with E-state index >= 15 is 0 Å². The third-order valence-corrected chi connectivity index (χ3v) is 5.78. The molecule has 31 heavy (non-hydrogen) atoms. The Morgan fingerprint density at radius 3 is 2.74 bits per heavy atom. The number of rotatable bonds is 9. The number of hydrogen-bond donors (Lipinski definition) is 2. The summed E-state index contributed by atoms with van der Waals surface area (Å²) < 4.78 is 17.6. The summed E-state index contributed by atoms with van der Waals surface area (Å²) in [5.74, 6) is 1.74. The molecular formula is C24H40N4O3. The van der Waals surface area contributed by atoms with Gasteiger partial charge in [0.1, 0.15) is 12.4 Å². The number of nitrogens with one attached hydrogen (secondary N) is 2. The van der Waals surface area contributed by atoms with Gasteiger partial charge in [-0.3, -0.25) is 9.89 Å². The van der Waals surface area contributed by atoms with Gasteiger partial charge in [-0.15, -0.1) is 0 Å². The van der Waals surface area contributed by atoms with E-state index in [4.69, 9.17) is 14.2 Å². The van der Waals surface area contributed by atoms with E-state index in [9.17, 15) is 0 Å². The average Bonchev–Trinajstić information content (AvgIpc) is 3.25. The predicted molar refractivity (Wildman–Crippen MR) is 125 cm³/mol. The van der Waals surface area contributed by atoms with E-state index in [0.717, 1.165) is 69.3 Å². The molecule has 0 aliphatic carbocycles. The van der Waals surface area contributed by atoms with Crippen LogP contribution >= 0.6 is 0 Å². The number of morpholine rings is 1. The summed E-state index contributed by atoms with van der Waals surface area (Å²) in [7, 11) is 1.81. The Morgan fingerprint density at radius 1 is 1.23 bits per heavy atom. The van der Waals surface area contributed by atoms with Crippen molar-refractivity contribution in [2.75, 3.05) is 46.4 Å². The second-order valence-corrected chi connectivity index (χ2v) is 8.78. The maximum Gasteiger partial charge on any atom is 0.191 e. The molecule has 2 N–H and O–H groups in total. The molecule has 7 nitrogen and oxygen atoms in total. The molecule has 1 aromatic rings. The fourth-order valence-corrected chi connectivity index (χ4v) is 4.28. The molecule has 3 rings (SSSR count). The van der Waals surface area contributed by atoms with Gasteiger partial charge < -0.3 is 24.8 Å². The largest absolute Gasteiger partial charge is 0.491 e. The summed E-state index contributed by atoms with van der Waals surface area (Å²) in [5, 5.41) is 6.85. The minimum atomic E-state index is 0.216. The maximum atomic E-state index is 6.11. The van der Waals surface area contributed by atoms with Crippen LogP contribution in [0.5, 0.6) is 5.75 Å². The normalized spacial score (nSPS) is 24.9. The lowest BCUT2D eigenvalue weighted by atomic mass is 10.1. The molecule has 2 saturated heterocycles. The number of aryl methyl sites for hydroxylation is 1. The summed E-state index contributed by atoms with van der Waals surface area (Å²) in [6.45, 7) is 12.5. The van der Waals surface area contributed by atoms with Crippen LogP contribution in [0.2, 0.25) is 0 Å². The zero-order chi connectivity index (χ0) is 22.1. The summed E-state index contributed by atoms with van der Waals surface area (Å²) in [6, 6.07) is 6.35. The first kappa shape index (κ1) is 23.8. The third-order valence-electron chi connectivity index (χ3n) is 5.78. The molecule has 0 spiro atoms. The molecule has 0 amide bonds. The Balaban J connectivity index is 1.41. The molecule has 174 valence electrons. The monoisotopic (exact) mass is 432 g/mol. The average molecular weight is 433 g/mol. The molecule has 7 heteroatoms. The molecule has 0 aromatic heterocycles. The van der Waals surface area contributed by atoms with Crippen LogP contribution in [0.15, 0.2) is 23.2 Å².